The minimum atomic E-state index is -0.155. The van der Waals surface area contributed by atoms with Gasteiger partial charge in [0.2, 0.25) is 0 Å². The average Bonchev–Trinajstić information content (AvgIpc) is 3.47. The van der Waals surface area contributed by atoms with Crippen molar-refractivity contribution < 1.29 is 9.53 Å². The number of fused-ring (bicyclic) bond motifs is 5. The maximum absolute atomic E-state index is 12.2. The van der Waals surface area contributed by atoms with E-state index in [-0.39, 0.29) is 17.5 Å². The van der Waals surface area contributed by atoms with Gasteiger partial charge in [0.25, 0.3) is 0 Å². The fourth-order valence-corrected chi connectivity index (χ4v) is 9.09. The highest BCUT2D eigenvalue weighted by Gasteiger charge is 2.61. The Bertz CT molecular complexity index is 1030. The van der Waals surface area contributed by atoms with Crippen LogP contribution in [0.4, 0.5) is 0 Å². The van der Waals surface area contributed by atoms with Gasteiger partial charge in [0, 0.05) is 30.8 Å². The van der Waals surface area contributed by atoms with E-state index in [0.717, 1.165) is 30.4 Å². The third-order valence-electron chi connectivity index (χ3n) is 10.9. The molecule has 0 amide bonds. The fraction of sp³-hybridized carbons (Fsp3) is 0.677. The van der Waals surface area contributed by atoms with E-state index in [0.29, 0.717) is 17.3 Å². The lowest BCUT2D eigenvalue weighted by Gasteiger charge is -2.58. The molecule has 2 heterocycles. The number of hydrogen-bond donors (Lipinski definition) is 0. The van der Waals surface area contributed by atoms with E-state index in [9.17, 15) is 4.79 Å². The fourth-order valence-electron chi connectivity index (χ4n) is 9.09. The number of rotatable bonds is 3. The minimum Gasteiger partial charge on any atom is -0.457 e. The molecule has 1 saturated heterocycles. The Morgan fingerprint density at radius 2 is 1.86 bits per heavy atom. The van der Waals surface area contributed by atoms with Crippen LogP contribution >= 0.6 is 0 Å². The first kappa shape index (κ1) is 23.5. The molecule has 0 spiro atoms. The standard InChI is InChI=1S/C31H42N2O2/c1-21(34)35-29-23(18-22-10-14-32-15-11-22)19-28-26-7-6-24-20-25(33-16-4-5-17-33)8-12-30(24,2)27(26)9-13-31(28,29)3/h6,10-11,14-15,18,25-29H,4-5,7-9,12-13,16-17,19-20H2,1-3H3/t25-,26+,27-,28-,29-,30-,31-/m0/s1. The molecule has 6 rings (SSSR count). The van der Waals surface area contributed by atoms with Crippen LogP contribution in [0, 0.1) is 28.6 Å². The van der Waals surface area contributed by atoms with Gasteiger partial charge >= 0.3 is 5.97 Å². The second kappa shape index (κ2) is 8.87. The topological polar surface area (TPSA) is 42.4 Å². The first-order valence-electron chi connectivity index (χ1n) is 14.1. The van der Waals surface area contributed by atoms with E-state index >= 15 is 0 Å². The van der Waals surface area contributed by atoms with Gasteiger partial charge in [-0.2, -0.15) is 0 Å². The zero-order valence-corrected chi connectivity index (χ0v) is 21.8. The van der Waals surface area contributed by atoms with Crippen molar-refractivity contribution in [2.24, 2.45) is 28.6 Å². The van der Waals surface area contributed by atoms with Crippen molar-refractivity contribution in [3.63, 3.8) is 0 Å². The Balaban J connectivity index is 1.30. The third-order valence-corrected chi connectivity index (χ3v) is 10.9. The summed E-state index contributed by atoms with van der Waals surface area (Å²) in [4.78, 5) is 19.2. The molecular weight excluding hydrogens is 432 g/mol. The molecule has 0 N–H and O–H groups in total. The van der Waals surface area contributed by atoms with Crippen molar-refractivity contribution in [3.8, 4) is 0 Å². The molecule has 0 radical (unpaired) electrons. The predicted molar refractivity (Wildman–Crippen MR) is 139 cm³/mol. The zero-order valence-electron chi connectivity index (χ0n) is 21.8. The normalized spacial score (nSPS) is 42.2. The highest BCUT2D eigenvalue weighted by Crippen LogP contribution is 2.66. The van der Waals surface area contributed by atoms with E-state index in [1.54, 1.807) is 12.5 Å². The first-order chi connectivity index (χ1) is 16.9. The van der Waals surface area contributed by atoms with Crippen molar-refractivity contribution in [2.45, 2.75) is 90.7 Å². The molecule has 4 heteroatoms. The Labute approximate surface area is 211 Å². The molecule has 4 fully saturated rings. The molecule has 5 aliphatic rings. The summed E-state index contributed by atoms with van der Waals surface area (Å²) in [6, 6.07) is 4.89. The minimum absolute atomic E-state index is 0.0279. The molecule has 3 saturated carbocycles. The second-order valence-corrected chi connectivity index (χ2v) is 12.6. The Hall–Kier alpha value is -1.94. The maximum atomic E-state index is 12.2. The van der Waals surface area contributed by atoms with E-state index < -0.39 is 0 Å². The van der Waals surface area contributed by atoms with E-state index in [2.05, 4.69) is 48.0 Å². The molecular formula is C31H42N2O2. The molecule has 0 bridgehead atoms. The summed E-state index contributed by atoms with van der Waals surface area (Å²) < 4.78 is 6.11. The molecule has 4 nitrogen and oxygen atoms in total. The van der Waals surface area contributed by atoms with Crippen molar-refractivity contribution in [2.75, 3.05) is 13.1 Å². The Morgan fingerprint density at radius 3 is 2.60 bits per heavy atom. The van der Waals surface area contributed by atoms with E-state index in [1.165, 1.54) is 63.6 Å². The molecule has 0 aromatic carbocycles. The number of carbonyl (C=O) groups is 1. The number of aromatic nitrogens is 1. The van der Waals surface area contributed by atoms with Gasteiger partial charge in [-0.15, -0.1) is 0 Å². The third kappa shape index (κ3) is 3.91. The molecule has 1 aliphatic heterocycles. The Morgan fingerprint density at radius 1 is 1.09 bits per heavy atom. The van der Waals surface area contributed by atoms with Crippen LogP contribution in [0.15, 0.2) is 41.7 Å². The van der Waals surface area contributed by atoms with Crippen LogP contribution < -0.4 is 0 Å². The number of likely N-dealkylation sites (tertiary alicyclic amines) is 1. The quantitative estimate of drug-likeness (QED) is 0.374. The lowest BCUT2D eigenvalue weighted by atomic mass is 9.48. The zero-order chi connectivity index (χ0) is 24.2. The maximum Gasteiger partial charge on any atom is 0.303 e. The molecule has 4 aliphatic carbocycles. The molecule has 7 atom stereocenters. The van der Waals surface area contributed by atoms with Crippen molar-refractivity contribution in [3.05, 3.63) is 47.3 Å². The Kier molecular flexibility index (Phi) is 5.94. The van der Waals surface area contributed by atoms with E-state index in [4.69, 9.17) is 4.74 Å². The summed E-state index contributed by atoms with van der Waals surface area (Å²) in [6.07, 6.45) is 20.0. The van der Waals surface area contributed by atoms with Crippen molar-refractivity contribution >= 4 is 12.0 Å². The highest BCUT2D eigenvalue weighted by atomic mass is 16.5. The van der Waals surface area contributed by atoms with Crippen LogP contribution in [-0.2, 0) is 9.53 Å². The number of carbonyl (C=O) groups excluding carboxylic acids is 1. The van der Waals surface area contributed by atoms with Gasteiger partial charge in [0.15, 0.2) is 0 Å². The summed E-state index contributed by atoms with van der Waals surface area (Å²) in [7, 11) is 0. The number of allylic oxidation sites excluding steroid dienone is 1. The smallest absolute Gasteiger partial charge is 0.303 e. The largest absolute Gasteiger partial charge is 0.457 e. The number of pyridine rings is 1. The highest BCUT2D eigenvalue weighted by molar-refractivity contribution is 5.67. The molecule has 188 valence electrons. The first-order valence-corrected chi connectivity index (χ1v) is 14.1. The van der Waals surface area contributed by atoms with E-state index in [1.807, 2.05) is 12.4 Å². The van der Waals surface area contributed by atoms with Gasteiger partial charge < -0.3 is 9.64 Å². The van der Waals surface area contributed by atoms with Crippen molar-refractivity contribution in [1.82, 2.24) is 9.88 Å². The van der Waals surface area contributed by atoms with Crippen LogP contribution in [-0.4, -0.2) is 41.1 Å². The number of nitrogens with zero attached hydrogens (tertiary/aromatic N) is 2. The summed E-state index contributed by atoms with van der Waals surface area (Å²) in [5.74, 6) is 1.87. The monoisotopic (exact) mass is 474 g/mol. The summed E-state index contributed by atoms with van der Waals surface area (Å²) in [5, 5.41) is 0. The number of ether oxygens (including phenoxy) is 1. The van der Waals surface area contributed by atoms with Gasteiger partial charge in [-0.3, -0.25) is 9.78 Å². The summed E-state index contributed by atoms with van der Waals surface area (Å²) in [5.41, 5.74) is 4.61. The molecule has 35 heavy (non-hydrogen) atoms. The summed E-state index contributed by atoms with van der Waals surface area (Å²) in [6.45, 7) is 9.21. The lowest BCUT2D eigenvalue weighted by molar-refractivity contribution is -0.154. The van der Waals surface area contributed by atoms with Crippen LogP contribution in [0.3, 0.4) is 0 Å². The van der Waals surface area contributed by atoms with Gasteiger partial charge in [-0.1, -0.05) is 31.6 Å². The predicted octanol–water partition coefficient (Wildman–Crippen LogP) is 6.43. The lowest BCUT2D eigenvalue weighted by Crippen LogP contribution is -2.52. The van der Waals surface area contributed by atoms with Gasteiger partial charge in [0.05, 0.1) is 0 Å². The average molecular weight is 475 g/mol. The molecule has 1 aromatic rings. The number of hydrogen-bond acceptors (Lipinski definition) is 4. The van der Waals surface area contributed by atoms with Crippen LogP contribution in [0.1, 0.15) is 84.1 Å². The second-order valence-electron chi connectivity index (χ2n) is 12.6. The SMILES string of the molecule is CC(=O)O[C@H]1C(=Cc2ccncc2)C[C@H]2[C@@H]3CC=C4C[C@@H](N5CCCC5)CC[C@]4(C)[C@H]3CC[C@]12C. The van der Waals surface area contributed by atoms with Crippen LogP contribution in [0.5, 0.6) is 0 Å². The van der Waals surface area contributed by atoms with Gasteiger partial charge in [-0.25, -0.2) is 0 Å². The van der Waals surface area contributed by atoms with Crippen LogP contribution in [0.2, 0.25) is 0 Å². The van der Waals surface area contributed by atoms with Gasteiger partial charge in [0.1, 0.15) is 6.10 Å². The number of esters is 1. The summed E-state index contributed by atoms with van der Waals surface area (Å²) >= 11 is 0. The van der Waals surface area contributed by atoms with Crippen molar-refractivity contribution in [1.29, 1.82) is 0 Å². The van der Waals surface area contributed by atoms with Crippen LogP contribution in [0.25, 0.3) is 6.08 Å². The molecule has 0 unspecified atom stereocenters. The van der Waals surface area contributed by atoms with Gasteiger partial charge in [-0.05, 0) is 117 Å². The molecule has 1 aromatic heterocycles.